The maximum Gasteiger partial charge on any atom is 0.275 e. The highest BCUT2D eigenvalue weighted by atomic mass is 35.5. The highest BCUT2D eigenvalue weighted by Gasteiger charge is 2.48. The molecule has 0 fully saturated rings. The Kier molecular flexibility index (Phi) is 5.30. The van der Waals surface area contributed by atoms with E-state index in [1.165, 1.54) is 0 Å². The predicted octanol–water partition coefficient (Wildman–Crippen LogP) is 5.71. The second kappa shape index (κ2) is 8.04. The Morgan fingerprint density at radius 1 is 1.09 bits per heavy atom. The van der Waals surface area contributed by atoms with Crippen LogP contribution in [0.5, 0.6) is 0 Å². The molecule has 0 saturated heterocycles. The summed E-state index contributed by atoms with van der Waals surface area (Å²) in [4.78, 5) is 30.3. The maximum absolute atomic E-state index is 13.9. The van der Waals surface area contributed by atoms with Crippen molar-refractivity contribution in [2.45, 2.75) is 39.4 Å². The number of anilines is 1. The third-order valence-electron chi connectivity index (χ3n) is 6.20. The molecule has 1 atom stereocenters. The van der Waals surface area contributed by atoms with Crippen LogP contribution in [0.4, 0.5) is 5.69 Å². The van der Waals surface area contributed by atoms with Gasteiger partial charge in [-0.3, -0.25) is 14.5 Å². The van der Waals surface area contributed by atoms with Gasteiger partial charge in [-0.1, -0.05) is 29.8 Å². The number of aromatic nitrogens is 1. The number of fused-ring (bicyclic) bond motifs is 3. The van der Waals surface area contributed by atoms with Gasteiger partial charge in [-0.25, -0.2) is 0 Å². The first-order valence-corrected chi connectivity index (χ1v) is 12.0. The number of nitrogens with one attached hydrogen (secondary N) is 1. The van der Waals surface area contributed by atoms with E-state index in [1.54, 1.807) is 28.4 Å². The molecule has 2 amide bonds. The fourth-order valence-corrected chi connectivity index (χ4v) is 5.68. The van der Waals surface area contributed by atoms with Gasteiger partial charge in [-0.2, -0.15) is 0 Å². The van der Waals surface area contributed by atoms with Crippen molar-refractivity contribution in [2.75, 3.05) is 4.90 Å². The van der Waals surface area contributed by atoms with Crippen molar-refractivity contribution in [1.82, 2.24) is 9.88 Å². The van der Waals surface area contributed by atoms with Gasteiger partial charge in [0.1, 0.15) is 16.1 Å². The van der Waals surface area contributed by atoms with Crippen LogP contribution in [0.25, 0.3) is 10.2 Å². The number of rotatable bonds is 4. The van der Waals surface area contributed by atoms with Gasteiger partial charge in [0.2, 0.25) is 5.91 Å². The second-order valence-corrected chi connectivity index (χ2v) is 10.2. The highest BCUT2D eigenvalue weighted by Crippen LogP contribution is 2.38. The number of hydrogen-bond donors (Lipinski definition) is 1. The van der Waals surface area contributed by atoms with Gasteiger partial charge in [0.05, 0.1) is 6.54 Å². The van der Waals surface area contributed by atoms with Crippen molar-refractivity contribution in [3.63, 3.8) is 0 Å². The molecule has 33 heavy (non-hydrogen) atoms. The third-order valence-corrected chi connectivity index (χ3v) is 7.41. The average molecular weight is 478 g/mol. The van der Waals surface area contributed by atoms with Gasteiger partial charge >= 0.3 is 0 Å². The molecule has 1 aliphatic rings. The molecule has 0 bridgehead atoms. The molecule has 2 aromatic carbocycles. The number of hydrogen-bond acceptors (Lipinski definition) is 3. The number of nitrogens with zero attached hydrogens (tertiary/aromatic N) is 2. The summed E-state index contributed by atoms with van der Waals surface area (Å²) in [6.07, 6.45) is 0. The molecule has 0 aliphatic carbocycles. The summed E-state index contributed by atoms with van der Waals surface area (Å²) in [5, 5.41) is 6.74. The van der Waals surface area contributed by atoms with Crippen LogP contribution in [-0.2, 0) is 17.9 Å². The Balaban J connectivity index is 1.57. The lowest BCUT2D eigenvalue weighted by atomic mass is 9.93. The Bertz CT molecular complexity index is 1370. The zero-order valence-electron chi connectivity index (χ0n) is 18.7. The smallest absolute Gasteiger partial charge is 0.275 e. The van der Waals surface area contributed by atoms with Gasteiger partial charge in [0.25, 0.3) is 5.91 Å². The Morgan fingerprint density at radius 3 is 2.48 bits per heavy atom. The molecule has 0 spiro atoms. The molecular formula is C26H24ClN3O2S. The zero-order valence-corrected chi connectivity index (χ0v) is 20.3. The molecule has 1 N–H and O–H groups in total. The van der Waals surface area contributed by atoms with Crippen molar-refractivity contribution in [1.29, 1.82) is 0 Å². The minimum atomic E-state index is -1.10. The van der Waals surface area contributed by atoms with Crippen LogP contribution in [0.1, 0.15) is 34.1 Å². The molecule has 1 aliphatic heterocycles. The standard InChI is InChI=1S/C26H24ClN3O2S/c1-16-10-17(2)12-21(11-16)30-23(31)22-13-19-8-9-33-24(19)29(22)15-26(30,3)25(32)28-14-18-4-6-20(27)7-5-18/h4-13H,14-15H2,1-3H3,(H,28,32)/t26-/m0/s1. The molecule has 0 radical (unpaired) electrons. The number of carbonyl (C=O) groups is 2. The van der Waals surface area contributed by atoms with E-state index in [4.69, 9.17) is 11.6 Å². The normalized spacial score (nSPS) is 17.9. The van der Waals surface area contributed by atoms with E-state index in [0.29, 0.717) is 23.8 Å². The van der Waals surface area contributed by atoms with E-state index in [2.05, 4.69) is 11.4 Å². The van der Waals surface area contributed by atoms with E-state index in [-0.39, 0.29) is 11.8 Å². The molecule has 168 valence electrons. The van der Waals surface area contributed by atoms with Crippen LogP contribution < -0.4 is 10.2 Å². The van der Waals surface area contributed by atoms with Crippen LogP contribution in [0.2, 0.25) is 5.02 Å². The molecule has 0 saturated carbocycles. The molecule has 7 heteroatoms. The fraction of sp³-hybridized carbons (Fsp3) is 0.231. The van der Waals surface area contributed by atoms with E-state index in [1.807, 2.05) is 67.1 Å². The van der Waals surface area contributed by atoms with E-state index < -0.39 is 5.54 Å². The van der Waals surface area contributed by atoms with Crippen LogP contribution in [0.15, 0.2) is 60.0 Å². The number of benzene rings is 2. The minimum absolute atomic E-state index is 0.168. The average Bonchev–Trinajstić information content (AvgIpc) is 3.35. The summed E-state index contributed by atoms with van der Waals surface area (Å²) in [7, 11) is 0. The summed E-state index contributed by atoms with van der Waals surface area (Å²) < 4.78 is 1.99. The number of aryl methyl sites for hydroxylation is 2. The van der Waals surface area contributed by atoms with Gasteiger partial charge in [0.15, 0.2) is 0 Å². The number of halogens is 1. The van der Waals surface area contributed by atoms with Gasteiger partial charge < -0.3 is 9.88 Å². The summed E-state index contributed by atoms with van der Waals surface area (Å²) in [5.41, 5.74) is 3.27. The van der Waals surface area contributed by atoms with Crippen molar-refractivity contribution < 1.29 is 9.59 Å². The highest BCUT2D eigenvalue weighted by molar-refractivity contribution is 7.16. The van der Waals surface area contributed by atoms with Crippen molar-refractivity contribution in [3.05, 3.63) is 87.4 Å². The molecule has 3 heterocycles. The maximum atomic E-state index is 13.9. The van der Waals surface area contributed by atoms with Crippen LogP contribution in [0.3, 0.4) is 0 Å². The Hall–Kier alpha value is -3.09. The monoisotopic (exact) mass is 477 g/mol. The molecular weight excluding hydrogens is 454 g/mol. The number of amides is 2. The lowest BCUT2D eigenvalue weighted by Gasteiger charge is -2.44. The van der Waals surface area contributed by atoms with Crippen LogP contribution in [0, 0.1) is 13.8 Å². The van der Waals surface area contributed by atoms with E-state index in [9.17, 15) is 9.59 Å². The second-order valence-electron chi connectivity index (χ2n) is 8.87. The first-order valence-electron chi connectivity index (χ1n) is 10.8. The Labute approximate surface area is 201 Å². The number of carbonyl (C=O) groups excluding carboxylic acids is 2. The molecule has 5 rings (SSSR count). The first-order chi connectivity index (χ1) is 15.8. The fourth-order valence-electron chi connectivity index (χ4n) is 4.66. The Morgan fingerprint density at radius 2 is 1.79 bits per heavy atom. The zero-order chi connectivity index (χ0) is 23.3. The van der Waals surface area contributed by atoms with Gasteiger partial charge in [0, 0.05) is 22.6 Å². The molecule has 2 aromatic heterocycles. The van der Waals surface area contributed by atoms with Crippen molar-refractivity contribution in [2.24, 2.45) is 0 Å². The van der Waals surface area contributed by atoms with E-state index in [0.717, 1.165) is 32.6 Å². The predicted molar refractivity (Wildman–Crippen MR) is 134 cm³/mol. The SMILES string of the molecule is Cc1cc(C)cc(N2C(=O)c3cc4ccsc4n3C[C@@]2(C)C(=O)NCc2ccc(Cl)cc2)c1. The summed E-state index contributed by atoms with van der Waals surface area (Å²) in [6.45, 7) is 6.58. The third kappa shape index (κ3) is 3.73. The lowest BCUT2D eigenvalue weighted by molar-refractivity contribution is -0.126. The largest absolute Gasteiger partial charge is 0.350 e. The molecule has 5 nitrogen and oxygen atoms in total. The summed E-state index contributed by atoms with van der Waals surface area (Å²) >= 11 is 7.57. The van der Waals surface area contributed by atoms with Crippen molar-refractivity contribution >= 4 is 50.7 Å². The van der Waals surface area contributed by atoms with Crippen LogP contribution >= 0.6 is 22.9 Å². The topological polar surface area (TPSA) is 54.3 Å². The number of thiophene rings is 1. The van der Waals surface area contributed by atoms with E-state index >= 15 is 0 Å². The van der Waals surface area contributed by atoms with Gasteiger partial charge in [-0.15, -0.1) is 11.3 Å². The first kappa shape index (κ1) is 21.7. The minimum Gasteiger partial charge on any atom is -0.350 e. The summed E-state index contributed by atoms with van der Waals surface area (Å²) in [6, 6.07) is 17.3. The summed E-state index contributed by atoms with van der Waals surface area (Å²) in [5.74, 6) is -0.368. The quantitative estimate of drug-likeness (QED) is 0.409. The van der Waals surface area contributed by atoms with Gasteiger partial charge in [-0.05, 0) is 79.2 Å². The van der Waals surface area contributed by atoms with Crippen LogP contribution in [-0.4, -0.2) is 21.9 Å². The molecule has 4 aromatic rings. The lowest BCUT2D eigenvalue weighted by Crippen LogP contribution is -2.64. The molecule has 0 unspecified atom stereocenters. The van der Waals surface area contributed by atoms with Crippen molar-refractivity contribution in [3.8, 4) is 0 Å².